The number of imidazole rings is 1. The molecule has 4 rings (SSSR count). The molecule has 0 radical (unpaired) electrons. The van der Waals surface area contributed by atoms with Gasteiger partial charge in [0.05, 0.1) is 23.0 Å². The van der Waals surface area contributed by atoms with Crippen molar-refractivity contribution in [1.82, 2.24) is 19.2 Å². The topological polar surface area (TPSA) is 61.9 Å². The zero-order valence-electron chi connectivity index (χ0n) is 14.3. The van der Waals surface area contributed by atoms with E-state index in [9.17, 15) is 18.0 Å². The maximum absolute atomic E-state index is 12.8. The van der Waals surface area contributed by atoms with Crippen molar-refractivity contribution in [3.8, 4) is 0 Å². The van der Waals surface area contributed by atoms with Gasteiger partial charge in [-0.25, -0.2) is 4.98 Å². The Kier molecular flexibility index (Phi) is 4.63. The van der Waals surface area contributed by atoms with Gasteiger partial charge in [0.15, 0.2) is 0 Å². The maximum atomic E-state index is 12.8. The molecule has 0 unspecified atom stereocenters. The lowest BCUT2D eigenvalue weighted by atomic mass is 9.97. The Balaban J connectivity index is 1.46. The SMILES string of the molecule is O=C(Cc1nsc2ccccc12)N1CCC[C@@H](c2ncc(C(F)(F)F)[nH]2)C1. The molecule has 2 aromatic heterocycles. The number of rotatable bonds is 3. The Morgan fingerprint density at radius 2 is 2.15 bits per heavy atom. The molecule has 0 bridgehead atoms. The summed E-state index contributed by atoms with van der Waals surface area (Å²) in [5, 5.41) is 0.977. The summed E-state index contributed by atoms with van der Waals surface area (Å²) in [6, 6.07) is 7.76. The monoisotopic (exact) mass is 394 g/mol. The van der Waals surface area contributed by atoms with Gasteiger partial charge in [0, 0.05) is 24.4 Å². The predicted molar refractivity (Wildman–Crippen MR) is 95.5 cm³/mol. The smallest absolute Gasteiger partial charge is 0.342 e. The zero-order chi connectivity index (χ0) is 19.0. The highest BCUT2D eigenvalue weighted by molar-refractivity contribution is 7.13. The van der Waals surface area contributed by atoms with Crippen LogP contribution in [0.25, 0.3) is 10.1 Å². The second kappa shape index (κ2) is 6.95. The highest BCUT2D eigenvalue weighted by Gasteiger charge is 2.35. The largest absolute Gasteiger partial charge is 0.432 e. The third-order valence-electron chi connectivity index (χ3n) is 4.83. The summed E-state index contributed by atoms with van der Waals surface area (Å²) >= 11 is 1.36. The fraction of sp³-hybridized carbons (Fsp3) is 0.389. The number of halogens is 3. The van der Waals surface area contributed by atoms with Crippen molar-refractivity contribution in [1.29, 1.82) is 0 Å². The number of hydrogen-bond acceptors (Lipinski definition) is 4. The highest BCUT2D eigenvalue weighted by Crippen LogP contribution is 2.31. The Labute approximate surface area is 157 Å². The van der Waals surface area contributed by atoms with Crippen LogP contribution in [0, 0.1) is 0 Å². The molecule has 3 heterocycles. The number of aromatic nitrogens is 3. The highest BCUT2D eigenvalue weighted by atomic mass is 32.1. The lowest BCUT2D eigenvalue weighted by molar-refractivity contribution is -0.141. The van der Waals surface area contributed by atoms with E-state index in [2.05, 4.69) is 14.3 Å². The number of aromatic amines is 1. The molecule has 9 heteroatoms. The van der Waals surface area contributed by atoms with E-state index in [4.69, 9.17) is 0 Å². The molecule has 0 saturated carbocycles. The van der Waals surface area contributed by atoms with Crippen LogP contribution >= 0.6 is 11.5 Å². The van der Waals surface area contributed by atoms with Gasteiger partial charge in [-0.05, 0) is 30.4 Å². The fourth-order valence-electron chi connectivity index (χ4n) is 3.44. The van der Waals surface area contributed by atoms with Crippen LogP contribution in [0.4, 0.5) is 13.2 Å². The van der Waals surface area contributed by atoms with Gasteiger partial charge in [-0.3, -0.25) is 4.79 Å². The summed E-state index contributed by atoms with van der Waals surface area (Å²) in [5.74, 6) is 0.0169. The third-order valence-corrected chi connectivity index (χ3v) is 5.70. The van der Waals surface area contributed by atoms with Gasteiger partial charge >= 0.3 is 6.18 Å². The number of alkyl halides is 3. The minimum atomic E-state index is -4.44. The van der Waals surface area contributed by atoms with E-state index in [-0.39, 0.29) is 18.2 Å². The number of hydrogen-bond donors (Lipinski definition) is 1. The fourth-order valence-corrected chi connectivity index (χ4v) is 4.23. The molecule has 0 aliphatic carbocycles. The van der Waals surface area contributed by atoms with Crippen molar-refractivity contribution in [3.63, 3.8) is 0 Å². The number of piperidine rings is 1. The number of fused-ring (bicyclic) bond motifs is 1. The molecule has 3 aromatic rings. The Bertz CT molecular complexity index is 965. The summed E-state index contributed by atoms with van der Waals surface area (Å²) < 4.78 is 43.7. The second-order valence-corrected chi connectivity index (χ2v) is 7.47. The van der Waals surface area contributed by atoms with E-state index in [0.29, 0.717) is 25.3 Å². The van der Waals surface area contributed by atoms with Crippen molar-refractivity contribution in [2.24, 2.45) is 0 Å². The summed E-state index contributed by atoms with van der Waals surface area (Å²) in [7, 11) is 0. The number of nitrogens with zero attached hydrogens (tertiary/aromatic N) is 3. The van der Waals surface area contributed by atoms with Crippen LogP contribution in [0.15, 0.2) is 30.5 Å². The first-order valence-electron chi connectivity index (χ1n) is 8.65. The van der Waals surface area contributed by atoms with Crippen LogP contribution in [-0.4, -0.2) is 38.2 Å². The second-order valence-electron chi connectivity index (χ2n) is 6.66. The lowest BCUT2D eigenvalue weighted by Gasteiger charge is -2.31. The van der Waals surface area contributed by atoms with Gasteiger partial charge in [0.25, 0.3) is 0 Å². The first kappa shape index (κ1) is 18.0. The van der Waals surface area contributed by atoms with Crippen molar-refractivity contribution < 1.29 is 18.0 Å². The van der Waals surface area contributed by atoms with Crippen LogP contribution in [0.2, 0.25) is 0 Å². The minimum absolute atomic E-state index is 0.0571. The Morgan fingerprint density at radius 3 is 2.93 bits per heavy atom. The summed E-state index contributed by atoms with van der Waals surface area (Å²) in [5.41, 5.74) is -0.102. The number of nitrogens with one attached hydrogen (secondary N) is 1. The van der Waals surface area contributed by atoms with E-state index >= 15 is 0 Å². The Morgan fingerprint density at radius 1 is 1.33 bits per heavy atom. The molecule has 1 amide bonds. The molecular formula is C18H17F3N4OS. The molecular weight excluding hydrogens is 377 g/mol. The van der Waals surface area contributed by atoms with Crippen molar-refractivity contribution >= 4 is 27.5 Å². The van der Waals surface area contributed by atoms with Gasteiger partial charge in [-0.2, -0.15) is 17.5 Å². The molecule has 142 valence electrons. The number of benzene rings is 1. The number of carbonyl (C=O) groups is 1. The number of carbonyl (C=O) groups excluding carboxylic acids is 1. The predicted octanol–water partition coefficient (Wildman–Crippen LogP) is 3.99. The van der Waals surface area contributed by atoms with Crippen molar-refractivity contribution in [2.45, 2.75) is 31.4 Å². The van der Waals surface area contributed by atoms with Crippen LogP contribution in [0.3, 0.4) is 0 Å². The van der Waals surface area contributed by atoms with E-state index in [0.717, 1.165) is 28.4 Å². The molecule has 1 atom stereocenters. The van der Waals surface area contributed by atoms with Gasteiger partial charge in [-0.15, -0.1) is 0 Å². The third kappa shape index (κ3) is 3.69. The van der Waals surface area contributed by atoms with Crippen molar-refractivity contribution in [2.75, 3.05) is 13.1 Å². The van der Waals surface area contributed by atoms with Gasteiger partial charge < -0.3 is 9.88 Å². The number of H-pyrrole nitrogens is 1. The lowest BCUT2D eigenvalue weighted by Crippen LogP contribution is -2.40. The summed E-state index contributed by atoms with van der Waals surface area (Å²) in [4.78, 5) is 20.7. The summed E-state index contributed by atoms with van der Waals surface area (Å²) in [6.07, 6.45) is -1.99. The van der Waals surface area contributed by atoms with Crippen LogP contribution in [-0.2, 0) is 17.4 Å². The van der Waals surface area contributed by atoms with Crippen LogP contribution in [0.5, 0.6) is 0 Å². The van der Waals surface area contributed by atoms with E-state index in [1.54, 1.807) is 4.90 Å². The average molecular weight is 394 g/mol. The van der Waals surface area contributed by atoms with Gasteiger partial charge in [0.1, 0.15) is 11.5 Å². The number of amides is 1. The quantitative estimate of drug-likeness (QED) is 0.731. The molecule has 0 spiro atoms. The average Bonchev–Trinajstić information content (AvgIpc) is 3.30. The van der Waals surface area contributed by atoms with Crippen molar-refractivity contribution in [3.05, 3.63) is 47.7 Å². The molecule has 1 fully saturated rings. The number of likely N-dealkylation sites (tertiary alicyclic amines) is 1. The molecule has 1 N–H and O–H groups in total. The molecule has 1 aliphatic rings. The molecule has 1 aliphatic heterocycles. The van der Waals surface area contributed by atoms with Gasteiger partial charge in [0.2, 0.25) is 5.91 Å². The minimum Gasteiger partial charge on any atom is -0.342 e. The standard InChI is InChI=1S/C18H17F3N4OS/c19-18(20,21)15-9-22-17(23-15)11-4-3-7-25(10-11)16(26)8-13-12-5-1-2-6-14(12)27-24-13/h1-2,5-6,9,11H,3-4,7-8,10H2,(H,22,23)/t11-/m1/s1. The Hall–Kier alpha value is -2.42. The van der Waals surface area contributed by atoms with Crippen LogP contribution < -0.4 is 0 Å². The summed E-state index contributed by atoms with van der Waals surface area (Å²) in [6.45, 7) is 0.968. The molecule has 1 saturated heterocycles. The van der Waals surface area contributed by atoms with E-state index in [1.165, 1.54) is 11.5 Å². The van der Waals surface area contributed by atoms with Gasteiger partial charge in [-0.1, -0.05) is 18.2 Å². The van der Waals surface area contributed by atoms with E-state index < -0.39 is 11.9 Å². The molecule has 27 heavy (non-hydrogen) atoms. The normalized spacial score (nSPS) is 18.2. The first-order chi connectivity index (χ1) is 12.9. The molecule has 1 aromatic carbocycles. The van der Waals surface area contributed by atoms with Crippen LogP contribution in [0.1, 0.15) is 36.0 Å². The maximum Gasteiger partial charge on any atom is 0.432 e. The first-order valence-corrected chi connectivity index (χ1v) is 9.42. The molecule has 5 nitrogen and oxygen atoms in total. The van der Waals surface area contributed by atoms with E-state index in [1.807, 2.05) is 24.3 Å². The zero-order valence-corrected chi connectivity index (χ0v) is 15.1.